The third-order valence-corrected chi connectivity index (χ3v) is 4.48. The first-order valence-corrected chi connectivity index (χ1v) is 8.24. The third kappa shape index (κ3) is 5.48. The summed E-state index contributed by atoms with van der Waals surface area (Å²) in [7, 11) is -3.45. The van der Waals surface area contributed by atoms with Gasteiger partial charge >= 0.3 is 0 Å². The molecule has 0 spiro atoms. The minimum atomic E-state index is -3.45. The van der Waals surface area contributed by atoms with Crippen molar-refractivity contribution in [1.82, 2.24) is 4.72 Å². The van der Waals surface area contributed by atoms with E-state index >= 15 is 0 Å². The van der Waals surface area contributed by atoms with Crippen molar-refractivity contribution >= 4 is 15.7 Å². The van der Waals surface area contributed by atoms with E-state index in [0.29, 0.717) is 17.7 Å². The molecule has 4 N–H and O–H groups in total. The smallest absolute Gasteiger partial charge is 0.216 e. The zero-order valence-corrected chi connectivity index (χ0v) is 13.1. The Morgan fingerprint density at radius 3 is 2.25 bits per heavy atom. The van der Waals surface area contributed by atoms with E-state index in [0.717, 1.165) is 0 Å². The molecule has 1 atom stereocenters. The Kier molecular flexibility index (Phi) is 5.56. The SMILES string of the molecule is CC(C)(C)C(CCO)NS(=O)(=O)Cc1ccc(N)cc1. The lowest BCUT2D eigenvalue weighted by Gasteiger charge is -2.30. The molecule has 0 radical (unpaired) electrons. The van der Waals surface area contributed by atoms with E-state index < -0.39 is 10.0 Å². The molecule has 1 rings (SSSR count). The molecular weight excluding hydrogens is 276 g/mol. The summed E-state index contributed by atoms with van der Waals surface area (Å²) in [5.41, 5.74) is 6.61. The summed E-state index contributed by atoms with van der Waals surface area (Å²) in [6.07, 6.45) is 0.393. The average Bonchev–Trinajstić information content (AvgIpc) is 2.30. The second-order valence-corrected chi connectivity index (χ2v) is 7.80. The molecule has 0 aliphatic heterocycles. The van der Waals surface area contributed by atoms with Gasteiger partial charge in [0.2, 0.25) is 10.0 Å². The lowest BCUT2D eigenvalue weighted by Crippen LogP contribution is -2.44. The number of benzene rings is 1. The Hall–Kier alpha value is -1.11. The van der Waals surface area contributed by atoms with Gasteiger partial charge < -0.3 is 10.8 Å². The van der Waals surface area contributed by atoms with Crippen LogP contribution in [0.5, 0.6) is 0 Å². The molecule has 1 aromatic rings. The standard InChI is InChI=1S/C14H24N2O3S/c1-14(2,3)13(8-9-17)16-20(18,19)10-11-4-6-12(15)7-5-11/h4-7,13,16-17H,8-10,15H2,1-3H3. The highest BCUT2D eigenvalue weighted by atomic mass is 32.2. The molecule has 0 heterocycles. The summed E-state index contributed by atoms with van der Waals surface area (Å²) in [5, 5.41) is 9.07. The number of anilines is 1. The van der Waals surface area contributed by atoms with Crippen LogP contribution in [0.25, 0.3) is 0 Å². The number of hydrogen-bond acceptors (Lipinski definition) is 4. The van der Waals surface area contributed by atoms with Crippen LogP contribution in [0.3, 0.4) is 0 Å². The number of nitrogens with two attached hydrogens (primary N) is 1. The fourth-order valence-corrected chi connectivity index (χ4v) is 3.51. The minimum absolute atomic E-state index is 0.0493. The number of aliphatic hydroxyl groups excluding tert-OH is 1. The highest BCUT2D eigenvalue weighted by Gasteiger charge is 2.28. The van der Waals surface area contributed by atoms with Crippen molar-refractivity contribution in [2.75, 3.05) is 12.3 Å². The van der Waals surface area contributed by atoms with Crippen LogP contribution in [0.1, 0.15) is 32.8 Å². The molecule has 0 fully saturated rings. The van der Waals surface area contributed by atoms with Crippen LogP contribution >= 0.6 is 0 Å². The highest BCUT2D eigenvalue weighted by molar-refractivity contribution is 7.88. The van der Waals surface area contributed by atoms with Gasteiger partial charge in [0.15, 0.2) is 0 Å². The van der Waals surface area contributed by atoms with E-state index in [1.165, 1.54) is 0 Å². The van der Waals surface area contributed by atoms with Gasteiger partial charge in [-0.05, 0) is 29.5 Å². The molecule has 6 heteroatoms. The average molecular weight is 300 g/mol. The van der Waals surface area contributed by atoms with Gasteiger partial charge in [-0.3, -0.25) is 0 Å². The van der Waals surface area contributed by atoms with Gasteiger partial charge in [-0.15, -0.1) is 0 Å². The molecule has 0 aromatic heterocycles. The molecule has 5 nitrogen and oxygen atoms in total. The molecule has 114 valence electrons. The second-order valence-electron chi connectivity index (χ2n) is 6.05. The van der Waals surface area contributed by atoms with E-state index in [2.05, 4.69) is 4.72 Å². The van der Waals surface area contributed by atoms with Crippen molar-refractivity contribution in [3.8, 4) is 0 Å². The molecule has 0 aliphatic rings. The van der Waals surface area contributed by atoms with E-state index in [4.69, 9.17) is 10.8 Å². The largest absolute Gasteiger partial charge is 0.399 e. The van der Waals surface area contributed by atoms with Gasteiger partial charge in [-0.1, -0.05) is 32.9 Å². The summed E-state index contributed by atoms with van der Waals surface area (Å²) >= 11 is 0. The molecule has 20 heavy (non-hydrogen) atoms. The van der Waals surface area contributed by atoms with Crippen molar-refractivity contribution in [1.29, 1.82) is 0 Å². The van der Waals surface area contributed by atoms with E-state index in [9.17, 15) is 8.42 Å². The number of rotatable bonds is 6. The topological polar surface area (TPSA) is 92.4 Å². The van der Waals surface area contributed by atoms with Crippen LogP contribution in [0.4, 0.5) is 5.69 Å². The second kappa shape index (κ2) is 6.56. The highest BCUT2D eigenvalue weighted by Crippen LogP contribution is 2.23. The zero-order valence-electron chi connectivity index (χ0n) is 12.3. The Labute approximate surface area is 121 Å². The number of hydrogen-bond donors (Lipinski definition) is 3. The monoisotopic (exact) mass is 300 g/mol. The minimum Gasteiger partial charge on any atom is -0.399 e. The van der Waals surface area contributed by atoms with Crippen molar-refractivity contribution in [2.24, 2.45) is 5.41 Å². The fraction of sp³-hybridized carbons (Fsp3) is 0.571. The van der Waals surface area contributed by atoms with Crippen molar-refractivity contribution in [3.05, 3.63) is 29.8 Å². The molecule has 0 bridgehead atoms. The Morgan fingerprint density at radius 1 is 1.25 bits per heavy atom. The number of sulfonamides is 1. The summed E-state index contributed by atoms with van der Waals surface area (Å²) in [5.74, 6) is -0.0920. The van der Waals surface area contributed by atoms with Gasteiger partial charge in [0.25, 0.3) is 0 Å². The summed E-state index contributed by atoms with van der Waals surface area (Å²) in [6.45, 7) is 5.78. The van der Waals surface area contributed by atoms with Crippen LogP contribution in [0, 0.1) is 5.41 Å². The molecule has 0 amide bonds. The number of nitrogen functional groups attached to an aromatic ring is 1. The molecule has 0 saturated heterocycles. The molecule has 0 aliphatic carbocycles. The lowest BCUT2D eigenvalue weighted by molar-refractivity contribution is 0.214. The zero-order chi connectivity index (χ0) is 15.4. The van der Waals surface area contributed by atoms with Crippen LogP contribution in [0.15, 0.2) is 24.3 Å². The predicted molar refractivity (Wildman–Crippen MR) is 81.6 cm³/mol. The quantitative estimate of drug-likeness (QED) is 0.694. The molecular formula is C14H24N2O3S. The summed E-state index contributed by atoms with van der Waals surface area (Å²) in [4.78, 5) is 0. The lowest BCUT2D eigenvalue weighted by atomic mass is 9.86. The third-order valence-electron chi connectivity index (χ3n) is 3.12. The first-order chi connectivity index (χ1) is 9.14. The normalized spacial score (nSPS) is 14.2. The summed E-state index contributed by atoms with van der Waals surface area (Å²) in [6, 6.07) is 6.46. The number of aliphatic hydroxyl groups is 1. The maximum Gasteiger partial charge on any atom is 0.216 e. The Bertz CT molecular complexity index is 518. The van der Waals surface area contributed by atoms with Gasteiger partial charge in [0.1, 0.15) is 0 Å². The molecule has 1 unspecified atom stereocenters. The van der Waals surface area contributed by atoms with Crippen LogP contribution in [-0.4, -0.2) is 26.2 Å². The van der Waals surface area contributed by atoms with Crippen molar-refractivity contribution in [3.63, 3.8) is 0 Å². The van der Waals surface area contributed by atoms with E-state index in [-0.39, 0.29) is 23.8 Å². The molecule has 0 saturated carbocycles. The predicted octanol–water partition coefficient (Wildman–Crippen LogP) is 1.49. The van der Waals surface area contributed by atoms with Gasteiger partial charge in [-0.25, -0.2) is 13.1 Å². The van der Waals surface area contributed by atoms with Crippen molar-refractivity contribution in [2.45, 2.75) is 39.0 Å². The van der Waals surface area contributed by atoms with Gasteiger partial charge in [-0.2, -0.15) is 0 Å². The van der Waals surface area contributed by atoms with Gasteiger partial charge in [0, 0.05) is 18.3 Å². The summed E-state index contributed by atoms with van der Waals surface area (Å²) < 4.78 is 27.1. The van der Waals surface area contributed by atoms with Crippen molar-refractivity contribution < 1.29 is 13.5 Å². The van der Waals surface area contributed by atoms with Crippen LogP contribution in [-0.2, 0) is 15.8 Å². The Balaban J connectivity index is 2.80. The first-order valence-electron chi connectivity index (χ1n) is 6.59. The van der Waals surface area contributed by atoms with Crippen LogP contribution in [0.2, 0.25) is 0 Å². The maximum atomic E-state index is 12.2. The first kappa shape index (κ1) is 16.9. The number of nitrogens with one attached hydrogen (secondary N) is 1. The maximum absolute atomic E-state index is 12.2. The van der Waals surface area contributed by atoms with E-state index in [1.54, 1.807) is 24.3 Å². The fourth-order valence-electron chi connectivity index (χ4n) is 1.89. The van der Waals surface area contributed by atoms with Gasteiger partial charge in [0.05, 0.1) is 5.75 Å². The Morgan fingerprint density at radius 2 is 1.80 bits per heavy atom. The van der Waals surface area contributed by atoms with E-state index in [1.807, 2.05) is 20.8 Å². The van der Waals surface area contributed by atoms with Crippen LogP contribution < -0.4 is 10.5 Å². The molecule has 1 aromatic carbocycles.